The van der Waals surface area contributed by atoms with Gasteiger partial charge in [0.05, 0.1) is 30.9 Å². The summed E-state index contributed by atoms with van der Waals surface area (Å²) in [6, 6.07) is 31.7. The number of nitrogens with zero attached hydrogens (tertiary/aromatic N) is 3. The average molecular weight is 1020 g/mol. The molecule has 0 bridgehead atoms. The maximum absolute atomic E-state index is 13.7. The summed E-state index contributed by atoms with van der Waals surface area (Å²) in [5.74, 6) is 0.904. The van der Waals surface area contributed by atoms with Gasteiger partial charge in [0.2, 0.25) is 17.5 Å². The molecule has 0 saturated carbocycles. The van der Waals surface area contributed by atoms with Crippen LogP contribution >= 0.6 is 23.6 Å². The molecule has 0 spiro atoms. The molecular weight excluding hydrogens is 954 g/mol. The Bertz CT molecular complexity index is 3170. The van der Waals surface area contributed by atoms with Crippen molar-refractivity contribution in [3.63, 3.8) is 0 Å². The van der Waals surface area contributed by atoms with E-state index in [1.54, 1.807) is 35.9 Å². The summed E-state index contributed by atoms with van der Waals surface area (Å²) in [5, 5.41) is 20.5. The monoisotopic (exact) mass is 1020 g/mol. The molecule has 1 aromatic heterocycles. The highest BCUT2D eigenvalue weighted by molar-refractivity contribution is 7.94. The van der Waals surface area contributed by atoms with E-state index < -0.39 is 0 Å². The van der Waals surface area contributed by atoms with Gasteiger partial charge in [-0.3, -0.25) is 19.0 Å². The lowest BCUT2D eigenvalue weighted by Gasteiger charge is -2.25. The Balaban J connectivity index is 0.851. The molecule has 0 radical (unpaired) electrons. The molecule has 11 nitrogen and oxygen atoms in total. The highest BCUT2D eigenvalue weighted by Gasteiger charge is 2.45. The van der Waals surface area contributed by atoms with Crippen molar-refractivity contribution in [2.24, 2.45) is 0 Å². The molecular formula is C60H66ClN5O6S. The van der Waals surface area contributed by atoms with Crippen LogP contribution in [0.2, 0.25) is 5.02 Å². The number of hydrogen-bond donors (Lipinski definition) is 2. The predicted molar refractivity (Wildman–Crippen MR) is 295 cm³/mol. The lowest BCUT2D eigenvalue weighted by molar-refractivity contribution is -0.630. The van der Waals surface area contributed by atoms with Crippen molar-refractivity contribution < 1.29 is 33.3 Å². The van der Waals surface area contributed by atoms with Gasteiger partial charge in [0, 0.05) is 88.0 Å². The lowest BCUT2D eigenvalue weighted by Crippen LogP contribution is -2.29. The normalized spacial score (nSPS) is 15.3. The number of fused-ring (bicyclic) bond motifs is 5. The number of hydrogen-bond acceptors (Lipinski definition) is 8. The second-order valence-corrected chi connectivity index (χ2v) is 21.0. The van der Waals surface area contributed by atoms with Gasteiger partial charge in [-0.15, -0.1) is 0 Å². The molecule has 8 rings (SSSR count). The van der Waals surface area contributed by atoms with Crippen molar-refractivity contribution in [2.75, 3.05) is 43.9 Å². The summed E-state index contributed by atoms with van der Waals surface area (Å²) >= 11 is 7.05. The van der Waals surface area contributed by atoms with Crippen LogP contribution < -0.4 is 25.5 Å². The largest absolute Gasteiger partial charge is 0.711 e. The number of unbranched alkanes of at least 4 members (excludes halogenated alkanes) is 2. The minimum atomic E-state index is -0.287. The van der Waals surface area contributed by atoms with Crippen LogP contribution in [0.4, 0.5) is 11.4 Å². The molecule has 2 aliphatic heterocycles. The Morgan fingerprint density at radius 2 is 1.55 bits per heavy atom. The maximum Gasteiger partial charge on any atom is 0.262 e. The number of allylic oxidation sites excluding steroid dienone is 6. The number of anilines is 1. The van der Waals surface area contributed by atoms with E-state index in [1.807, 2.05) is 25.1 Å². The molecule has 0 aliphatic carbocycles. The molecule has 13 heteroatoms. The number of rotatable bonds is 21. The van der Waals surface area contributed by atoms with Crippen LogP contribution in [-0.4, -0.2) is 71.6 Å². The zero-order valence-electron chi connectivity index (χ0n) is 43.0. The summed E-state index contributed by atoms with van der Waals surface area (Å²) in [5.41, 5.74) is 10.5. The number of aromatic nitrogens is 1. The third-order valence-electron chi connectivity index (χ3n) is 14.5. The highest BCUT2D eigenvalue weighted by atomic mass is 35.5. The number of halogens is 1. The van der Waals surface area contributed by atoms with Gasteiger partial charge in [-0.2, -0.15) is 4.58 Å². The molecule has 0 fully saturated rings. The summed E-state index contributed by atoms with van der Waals surface area (Å²) in [6.07, 6.45) is 14.4. The first kappa shape index (κ1) is 52.9. The number of nitrogens with one attached hydrogen (secondary N) is 2. The Morgan fingerprint density at radius 1 is 0.808 bits per heavy atom. The standard InChI is InChI=1S/C60H66ClN5O6S/c1-8-64-51-29-22-41(37-55(67)62-32-14-15-33-63-56(68)39-47-40(2)66(50-31-28-45(71-7)38-48(47)50)58(69)43-23-26-44(61)27-24-43)36-49(51)59(3,4)53(64)20-10-9-11-21-54-60(5,6)57-46-19-13-12-18-42(46)25-30-52(57)65(54)34-16-17-35-73-72-70/h9-13,18-31,36,38H,8,14-17,32-35,37,39H2,1-7H3,(H2-,62,63,67,68,70). The number of carbonyl (C=O) groups excluding carboxylic acids is 3. The third-order valence-corrected chi connectivity index (χ3v) is 15.3. The fraction of sp³-hybridized carbons (Fsp3) is 0.333. The molecule has 6 aromatic rings. The zero-order valence-corrected chi connectivity index (χ0v) is 44.6. The van der Waals surface area contributed by atoms with E-state index >= 15 is 0 Å². The minimum absolute atomic E-state index is 0.0425. The topological polar surface area (TPSA) is 128 Å². The van der Waals surface area contributed by atoms with Crippen molar-refractivity contribution in [1.29, 1.82) is 0 Å². The van der Waals surface area contributed by atoms with Gasteiger partial charge in [0.1, 0.15) is 12.3 Å². The van der Waals surface area contributed by atoms with Crippen LogP contribution in [0.15, 0.2) is 133 Å². The first-order valence-electron chi connectivity index (χ1n) is 25.3. The Hall–Kier alpha value is -6.44. The van der Waals surface area contributed by atoms with Crippen LogP contribution in [0.3, 0.4) is 0 Å². The first-order valence-corrected chi connectivity index (χ1v) is 26.5. The van der Waals surface area contributed by atoms with Crippen LogP contribution in [-0.2, 0) is 37.6 Å². The first-order chi connectivity index (χ1) is 35.2. The van der Waals surface area contributed by atoms with Gasteiger partial charge in [-0.05, 0) is 147 Å². The highest BCUT2D eigenvalue weighted by Crippen LogP contribution is 2.48. The Morgan fingerprint density at radius 3 is 2.27 bits per heavy atom. The van der Waals surface area contributed by atoms with Crippen molar-refractivity contribution in [3.8, 4) is 5.75 Å². The van der Waals surface area contributed by atoms with Gasteiger partial charge in [0.25, 0.3) is 5.91 Å². The number of amides is 2. The number of ether oxygens (including phenoxy) is 1. The van der Waals surface area contributed by atoms with Crippen LogP contribution in [0.5, 0.6) is 5.75 Å². The molecule has 380 valence electrons. The molecule has 0 unspecified atom stereocenters. The summed E-state index contributed by atoms with van der Waals surface area (Å²) in [6.45, 7) is 15.8. The molecule has 2 N–H and O–H groups in total. The predicted octanol–water partition coefficient (Wildman–Crippen LogP) is 11.2. The Labute approximate surface area is 438 Å². The summed E-state index contributed by atoms with van der Waals surface area (Å²) in [7, 11) is 1.59. The Kier molecular flexibility index (Phi) is 16.8. The molecule has 2 amide bonds. The van der Waals surface area contributed by atoms with Crippen molar-refractivity contribution in [2.45, 2.75) is 90.9 Å². The quantitative estimate of drug-likeness (QED) is 0.0182. The van der Waals surface area contributed by atoms with E-state index in [2.05, 4.69) is 144 Å². The fourth-order valence-corrected chi connectivity index (χ4v) is 11.3. The third kappa shape index (κ3) is 11.2. The van der Waals surface area contributed by atoms with Crippen LogP contribution in [0, 0.1) is 6.92 Å². The van der Waals surface area contributed by atoms with Gasteiger partial charge in [-0.1, -0.05) is 80.1 Å². The lowest BCUT2D eigenvalue weighted by atomic mass is 9.79. The number of benzene rings is 5. The van der Waals surface area contributed by atoms with Crippen LogP contribution in [0.1, 0.15) is 98.6 Å². The molecule has 73 heavy (non-hydrogen) atoms. The zero-order chi connectivity index (χ0) is 51.9. The minimum Gasteiger partial charge on any atom is -0.711 e. The van der Waals surface area contributed by atoms with Crippen molar-refractivity contribution in [3.05, 3.63) is 172 Å². The second kappa shape index (κ2) is 23.2. The van der Waals surface area contributed by atoms with E-state index in [0.717, 1.165) is 60.2 Å². The van der Waals surface area contributed by atoms with E-state index in [0.29, 0.717) is 59.2 Å². The fourth-order valence-electron chi connectivity index (χ4n) is 10.7. The van der Waals surface area contributed by atoms with Gasteiger partial charge in [-0.25, -0.2) is 0 Å². The molecule has 5 aromatic carbocycles. The van der Waals surface area contributed by atoms with Gasteiger partial charge >= 0.3 is 0 Å². The molecule has 0 saturated heterocycles. The van der Waals surface area contributed by atoms with Crippen LogP contribution in [0.25, 0.3) is 21.7 Å². The van der Waals surface area contributed by atoms with Crippen molar-refractivity contribution in [1.82, 2.24) is 15.2 Å². The van der Waals surface area contributed by atoms with E-state index in [9.17, 15) is 19.6 Å². The van der Waals surface area contributed by atoms with E-state index in [1.165, 1.54) is 39.0 Å². The van der Waals surface area contributed by atoms with E-state index in [4.69, 9.17) is 16.3 Å². The van der Waals surface area contributed by atoms with Gasteiger partial charge in [0.15, 0.2) is 5.71 Å². The number of likely N-dealkylation sites (N-methyl/N-ethyl adjacent to an activating group) is 1. The summed E-state index contributed by atoms with van der Waals surface area (Å²) in [4.78, 5) is 42.6. The van der Waals surface area contributed by atoms with E-state index in [-0.39, 0.29) is 41.4 Å². The van der Waals surface area contributed by atoms with Crippen molar-refractivity contribution >= 4 is 80.1 Å². The number of methoxy groups -OCH3 is 1. The van der Waals surface area contributed by atoms with Gasteiger partial charge < -0.3 is 29.9 Å². The second-order valence-electron chi connectivity index (χ2n) is 19.8. The summed E-state index contributed by atoms with van der Waals surface area (Å²) < 4.78 is 13.6. The molecule has 0 atom stereocenters. The SMILES string of the molecule is CCN1/C(=C/C=C/C=C/C2=[N+](CCCCSO[O-])c3ccc4ccccc4c3C2(C)C)C(C)(C)c2cc(CC(=O)NCCCCNC(=O)Cc3c(C)n(C(=O)c4ccc(Cl)cc4)c4ccc(OC)cc34)ccc21. The smallest absolute Gasteiger partial charge is 0.262 e. The molecule has 2 aliphatic rings. The maximum atomic E-state index is 13.7. The molecule has 3 heterocycles. The number of carbonyl (C=O) groups is 3. The average Bonchev–Trinajstić information content (AvgIpc) is 3.87.